The molecule has 3 rings (SSSR count). The quantitative estimate of drug-likeness (QED) is 0.744. The van der Waals surface area contributed by atoms with Gasteiger partial charge in [0.1, 0.15) is 28.7 Å². The Bertz CT molecular complexity index is 384. The predicted octanol–water partition coefficient (Wildman–Crippen LogP) is 2.51. The third-order valence-electron chi connectivity index (χ3n) is 3.81. The zero-order valence-corrected chi connectivity index (χ0v) is 12.4. The van der Waals surface area contributed by atoms with Crippen LogP contribution in [-0.4, -0.2) is 36.1 Å². The molecule has 0 fully saturated rings. The zero-order valence-electron chi connectivity index (χ0n) is 10.7. The molecule has 2 atom stereocenters. The fourth-order valence-electron chi connectivity index (χ4n) is 2.88. The number of anilines is 1. The number of rotatable bonds is 2. The predicted molar refractivity (Wildman–Crippen MR) is 80.7 cm³/mol. The van der Waals surface area contributed by atoms with Crippen LogP contribution in [0.2, 0.25) is 0 Å². The Labute approximate surface area is 110 Å². The van der Waals surface area contributed by atoms with Crippen LogP contribution in [0.25, 0.3) is 0 Å². The first-order chi connectivity index (χ1) is 8.35. The van der Waals surface area contributed by atoms with Crippen LogP contribution in [-0.2, 0) is 21.8 Å². The molecular weight excluding hydrogens is 246 g/mol. The number of nitrogens with zero attached hydrogens (tertiary/aromatic N) is 1. The van der Waals surface area contributed by atoms with Gasteiger partial charge in [0.15, 0.2) is 9.79 Å². The molecule has 92 valence electrons. The van der Waals surface area contributed by atoms with E-state index in [-0.39, 0.29) is 0 Å². The molecule has 0 spiro atoms. The SMILES string of the molecule is CC[S+]1CCN2CC[S+](CC)c3cccc1c32. The van der Waals surface area contributed by atoms with Gasteiger partial charge in [-0.15, -0.1) is 0 Å². The summed E-state index contributed by atoms with van der Waals surface area (Å²) in [6, 6.07) is 7.08. The maximum atomic E-state index is 2.66. The Kier molecular flexibility index (Phi) is 3.31. The molecule has 3 heteroatoms. The molecule has 0 aliphatic carbocycles. The first-order valence-corrected chi connectivity index (χ1v) is 9.70. The van der Waals surface area contributed by atoms with Crippen molar-refractivity contribution in [1.82, 2.24) is 0 Å². The Hall–Kier alpha value is -0.280. The van der Waals surface area contributed by atoms with Crippen molar-refractivity contribution in [1.29, 1.82) is 0 Å². The first-order valence-electron chi connectivity index (χ1n) is 6.58. The van der Waals surface area contributed by atoms with Gasteiger partial charge in [-0.2, -0.15) is 0 Å². The molecule has 1 nitrogen and oxygen atoms in total. The van der Waals surface area contributed by atoms with E-state index in [2.05, 4.69) is 36.9 Å². The molecular formula is C14H21NS2+2. The van der Waals surface area contributed by atoms with Crippen molar-refractivity contribution in [2.24, 2.45) is 0 Å². The van der Waals surface area contributed by atoms with E-state index >= 15 is 0 Å². The second-order valence-corrected chi connectivity index (χ2v) is 9.38. The Morgan fingerprint density at radius 1 is 1.00 bits per heavy atom. The summed E-state index contributed by atoms with van der Waals surface area (Å²) in [4.78, 5) is 5.99. The van der Waals surface area contributed by atoms with Crippen LogP contribution in [0.3, 0.4) is 0 Å². The average Bonchev–Trinajstić information content (AvgIpc) is 2.40. The van der Waals surface area contributed by atoms with Crippen LogP contribution in [0.5, 0.6) is 0 Å². The normalized spacial score (nSPS) is 26.8. The second-order valence-electron chi connectivity index (χ2n) is 4.56. The molecule has 1 aromatic rings. The summed E-state index contributed by atoms with van der Waals surface area (Å²) < 4.78 is 0. The molecule has 2 aliphatic rings. The summed E-state index contributed by atoms with van der Waals surface area (Å²) in [6.07, 6.45) is 0. The molecule has 0 radical (unpaired) electrons. The Morgan fingerprint density at radius 3 is 2.00 bits per heavy atom. The van der Waals surface area contributed by atoms with Gasteiger partial charge < -0.3 is 4.90 Å². The summed E-state index contributed by atoms with van der Waals surface area (Å²) in [5.41, 5.74) is 1.64. The minimum absolute atomic E-state index is 0.521. The summed E-state index contributed by atoms with van der Waals surface area (Å²) in [6.45, 7) is 7.28. The lowest BCUT2D eigenvalue weighted by Crippen LogP contribution is -2.43. The van der Waals surface area contributed by atoms with Crippen molar-refractivity contribution in [3.8, 4) is 0 Å². The van der Waals surface area contributed by atoms with E-state index < -0.39 is 0 Å². The molecule has 0 amide bonds. The summed E-state index contributed by atoms with van der Waals surface area (Å²) in [7, 11) is 1.04. The number of benzene rings is 1. The highest BCUT2D eigenvalue weighted by atomic mass is 32.2. The fourth-order valence-corrected chi connectivity index (χ4v) is 7.03. The highest BCUT2D eigenvalue weighted by Gasteiger charge is 2.41. The van der Waals surface area contributed by atoms with Crippen molar-refractivity contribution in [3.63, 3.8) is 0 Å². The van der Waals surface area contributed by atoms with Crippen molar-refractivity contribution < 1.29 is 0 Å². The fraction of sp³-hybridized carbons (Fsp3) is 0.571. The highest BCUT2D eigenvalue weighted by molar-refractivity contribution is 7.98. The molecule has 0 N–H and O–H groups in total. The van der Waals surface area contributed by atoms with Crippen LogP contribution < -0.4 is 4.90 Å². The second kappa shape index (κ2) is 4.77. The summed E-state index contributed by atoms with van der Waals surface area (Å²) in [5.74, 6) is 5.41. The number of para-hydroxylation sites is 1. The largest absolute Gasteiger partial charge is 0.354 e. The van der Waals surface area contributed by atoms with Gasteiger partial charge in [-0.3, -0.25) is 0 Å². The van der Waals surface area contributed by atoms with Crippen LogP contribution in [0.1, 0.15) is 13.8 Å². The van der Waals surface area contributed by atoms with Gasteiger partial charge >= 0.3 is 0 Å². The molecule has 1 aromatic carbocycles. The average molecular weight is 267 g/mol. The van der Waals surface area contributed by atoms with Crippen LogP contribution in [0.4, 0.5) is 5.69 Å². The molecule has 2 aliphatic heterocycles. The minimum atomic E-state index is 0.521. The lowest BCUT2D eigenvalue weighted by molar-refractivity contribution is 0.820. The van der Waals surface area contributed by atoms with Crippen LogP contribution in [0.15, 0.2) is 28.0 Å². The molecule has 0 aromatic heterocycles. The maximum Gasteiger partial charge on any atom is 0.183 e. The third-order valence-corrected chi connectivity index (χ3v) is 8.46. The lowest BCUT2D eigenvalue weighted by Gasteiger charge is -2.33. The molecule has 2 heterocycles. The summed E-state index contributed by atoms with van der Waals surface area (Å²) >= 11 is 0. The lowest BCUT2D eigenvalue weighted by atomic mass is 10.2. The van der Waals surface area contributed by atoms with Crippen molar-refractivity contribution >= 4 is 27.5 Å². The Morgan fingerprint density at radius 2 is 1.53 bits per heavy atom. The third kappa shape index (κ3) is 1.88. The van der Waals surface area contributed by atoms with E-state index in [4.69, 9.17) is 0 Å². The van der Waals surface area contributed by atoms with Crippen LogP contribution in [0, 0.1) is 0 Å². The van der Waals surface area contributed by atoms with E-state index in [1.165, 1.54) is 36.1 Å². The summed E-state index contributed by atoms with van der Waals surface area (Å²) in [5, 5.41) is 0. The smallest absolute Gasteiger partial charge is 0.183 e. The zero-order chi connectivity index (χ0) is 11.8. The van der Waals surface area contributed by atoms with E-state index in [1.807, 2.05) is 0 Å². The van der Waals surface area contributed by atoms with E-state index in [0.717, 1.165) is 0 Å². The molecule has 0 saturated carbocycles. The molecule has 17 heavy (non-hydrogen) atoms. The first kappa shape index (κ1) is 11.8. The minimum Gasteiger partial charge on any atom is -0.354 e. The Balaban J connectivity index is 2.11. The highest BCUT2D eigenvalue weighted by Crippen LogP contribution is 2.40. The van der Waals surface area contributed by atoms with Gasteiger partial charge in [-0.05, 0) is 26.0 Å². The van der Waals surface area contributed by atoms with E-state index in [0.29, 0.717) is 21.8 Å². The van der Waals surface area contributed by atoms with Gasteiger partial charge in [-0.1, -0.05) is 6.07 Å². The number of hydrogen-bond donors (Lipinski definition) is 0. The van der Waals surface area contributed by atoms with E-state index in [1.54, 1.807) is 15.5 Å². The van der Waals surface area contributed by atoms with Gasteiger partial charge in [0, 0.05) is 21.8 Å². The van der Waals surface area contributed by atoms with Gasteiger partial charge in [0.2, 0.25) is 0 Å². The monoisotopic (exact) mass is 267 g/mol. The topological polar surface area (TPSA) is 3.24 Å². The van der Waals surface area contributed by atoms with Crippen molar-refractivity contribution in [2.75, 3.05) is 41.0 Å². The van der Waals surface area contributed by atoms with Gasteiger partial charge in [-0.25, -0.2) is 0 Å². The van der Waals surface area contributed by atoms with Gasteiger partial charge in [0.05, 0.1) is 13.1 Å². The standard InChI is InChI=1S/C14H21NS2/c1-3-16-10-8-15-9-11-17(4-2)13-7-5-6-12(16)14(13)15/h5-7H,3-4,8-11H2,1-2H3/q+2. The van der Waals surface area contributed by atoms with E-state index in [9.17, 15) is 0 Å². The van der Waals surface area contributed by atoms with Crippen molar-refractivity contribution in [3.05, 3.63) is 18.2 Å². The maximum absolute atomic E-state index is 2.66. The molecule has 0 saturated heterocycles. The number of hydrogen-bond acceptors (Lipinski definition) is 1. The molecule has 2 unspecified atom stereocenters. The molecule has 0 bridgehead atoms. The van der Waals surface area contributed by atoms with Gasteiger partial charge in [0.25, 0.3) is 0 Å². The van der Waals surface area contributed by atoms with Crippen LogP contribution >= 0.6 is 0 Å². The van der Waals surface area contributed by atoms with Crippen molar-refractivity contribution in [2.45, 2.75) is 23.6 Å².